The minimum Gasteiger partial charge on any atom is -0.481 e. The van der Waals surface area contributed by atoms with Crippen LogP contribution in [0.15, 0.2) is 24.3 Å². The first kappa shape index (κ1) is 24.5. The zero-order valence-corrected chi connectivity index (χ0v) is 19.7. The Morgan fingerprint density at radius 1 is 1.21 bits per heavy atom. The molecule has 0 spiro atoms. The monoisotopic (exact) mass is 460 g/mol. The van der Waals surface area contributed by atoms with Gasteiger partial charge in [0.2, 0.25) is 5.91 Å². The van der Waals surface area contributed by atoms with Crippen LogP contribution < -0.4 is 4.90 Å². The third-order valence-electron chi connectivity index (χ3n) is 5.94. The number of hydrogen-bond acceptors (Lipinski definition) is 6. The van der Waals surface area contributed by atoms with Crippen molar-refractivity contribution in [3.05, 3.63) is 29.8 Å². The van der Waals surface area contributed by atoms with Gasteiger partial charge in [-0.1, -0.05) is 32.0 Å². The Morgan fingerprint density at radius 3 is 2.48 bits per heavy atom. The molecule has 1 N–H and O–H groups in total. The molecule has 1 fully saturated rings. The van der Waals surface area contributed by atoms with Gasteiger partial charge in [-0.05, 0) is 44.7 Å². The van der Waals surface area contributed by atoms with Crippen molar-refractivity contribution in [2.45, 2.75) is 65.0 Å². The molecule has 180 valence electrons. The summed E-state index contributed by atoms with van der Waals surface area (Å²) in [6.45, 7) is 9.47. The number of aliphatic carboxylic acids is 1. The minimum absolute atomic E-state index is 0.0271. The second kappa shape index (κ2) is 9.41. The lowest BCUT2D eigenvalue weighted by atomic mass is 9.87. The molecule has 2 aliphatic heterocycles. The van der Waals surface area contributed by atoms with Gasteiger partial charge >= 0.3 is 18.2 Å². The van der Waals surface area contributed by atoms with E-state index < -0.39 is 48.0 Å². The molecule has 1 unspecified atom stereocenters. The molecule has 9 nitrogen and oxygen atoms in total. The van der Waals surface area contributed by atoms with Crippen LogP contribution in [0.3, 0.4) is 0 Å². The number of ether oxygens (including phenoxy) is 2. The molecule has 2 aliphatic rings. The Labute approximate surface area is 193 Å². The predicted molar refractivity (Wildman–Crippen MR) is 120 cm³/mol. The zero-order chi connectivity index (χ0) is 24.5. The Kier molecular flexibility index (Phi) is 7.00. The maximum atomic E-state index is 13.4. The Bertz CT molecular complexity index is 937. The summed E-state index contributed by atoms with van der Waals surface area (Å²) in [7, 11) is 0. The lowest BCUT2D eigenvalue weighted by molar-refractivity contribution is -0.144. The Hall–Kier alpha value is -3.10. The van der Waals surface area contributed by atoms with Crippen molar-refractivity contribution in [3.63, 3.8) is 0 Å². The molecular formula is C24H32N2O7. The number of carbonyl (C=O) groups is 4. The molecule has 2 heterocycles. The fourth-order valence-electron chi connectivity index (χ4n) is 4.39. The largest absolute Gasteiger partial charge is 0.481 e. The van der Waals surface area contributed by atoms with Gasteiger partial charge in [0, 0.05) is 18.4 Å². The number of hydrogen-bond donors (Lipinski definition) is 1. The topological polar surface area (TPSA) is 113 Å². The van der Waals surface area contributed by atoms with Gasteiger partial charge < -0.3 is 14.6 Å². The number of nitrogens with zero attached hydrogens (tertiary/aromatic N) is 2. The lowest BCUT2D eigenvalue weighted by Gasteiger charge is -2.28. The molecule has 0 saturated carbocycles. The van der Waals surface area contributed by atoms with Crippen molar-refractivity contribution < 1.29 is 33.8 Å². The van der Waals surface area contributed by atoms with Crippen LogP contribution in [-0.2, 0) is 19.1 Å². The van der Waals surface area contributed by atoms with Gasteiger partial charge in [0.25, 0.3) is 0 Å². The second-order valence-electron chi connectivity index (χ2n) is 9.97. The molecule has 0 radical (unpaired) electrons. The van der Waals surface area contributed by atoms with Crippen molar-refractivity contribution in [3.8, 4) is 0 Å². The molecule has 3 atom stereocenters. The summed E-state index contributed by atoms with van der Waals surface area (Å²) in [5.74, 6) is -2.92. The fourth-order valence-corrected chi connectivity index (χ4v) is 4.39. The van der Waals surface area contributed by atoms with E-state index in [9.17, 15) is 24.3 Å². The summed E-state index contributed by atoms with van der Waals surface area (Å²) in [5, 5.41) is 9.48. The van der Waals surface area contributed by atoms with Crippen molar-refractivity contribution in [1.82, 2.24) is 4.90 Å². The fraction of sp³-hybridized carbons (Fsp3) is 0.583. The number of cyclic esters (lactones) is 1. The van der Waals surface area contributed by atoms with Crippen LogP contribution in [0.25, 0.3) is 0 Å². The van der Waals surface area contributed by atoms with E-state index in [4.69, 9.17) is 9.47 Å². The number of para-hydroxylation sites is 1. The number of rotatable bonds is 6. The van der Waals surface area contributed by atoms with Crippen LogP contribution in [-0.4, -0.2) is 58.9 Å². The second-order valence-corrected chi connectivity index (χ2v) is 9.97. The zero-order valence-electron chi connectivity index (χ0n) is 19.7. The van der Waals surface area contributed by atoms with Crippen molar-refractivity contribution >= 4 is 29.8 Å². The van der Waals surface area contributed by atoms with Crippen molar-refractivity contribution in [2.75, 3.05) is 18.1 Å². The smallest absolute Gasteiger partial charge is 0.416 e. The summed E-state index contributed by atoms with van der Waals surface area (Å²) < 4.78 is 10.6. The predicted octanol–water partition coefficient (Wildman–Crippen LogP) is 4.01. The number of amides is 3. The van der Waals surface area contributed by atoms with Crippen LogP contribution in [0.5, 0.6) is 0 Å². The number of carbonyl (C=O) groups excluding carboxylic acids is 3. The number of carboxylic acids is 1. The molecule has 33 heavy (non-hydrogen) atoms. The third-order valence-corrected chi connectivity index (χ3v) is 5.94. The normalized spacial score (nSPS) is 21.1. The van der Waals surface area contributed by atoms with E-state index in [1.807, 2.05) is 32.0 Å². The summed E-state index contributed by atoms with van der Waals surface area (Å²) >= 11 is 0. The molecule has 0 bridgehead atoms. The number of anilines is 1. The minimum atomic E-state index is -1.13. The van der Waals surface area contributed by atoms with Gasteiger partial charge in [0.1, 0.15) is 12.2 Å². The van der Waals surface area contributed by atoms with Gasteiger partial charge in [-0.15, -0.1) is 0 Å². The Morgan fingerprint density at radius 2 is 1.88 bits per heavy atom. The van der Waals surface area contributed by atoms with Crippen LogP contribution in [0.2, 0.25) is 0 Å². The number of fused-ring (bicyclic) bond motifs is 1. The average Bonchev–Trinajstić information content (AvgIpc) is 3.26. The first-order valence-electron chi connectivity index (χ1n) is 11.2. The van der Waals surface area contributed by atoms with E-state index in [1.54, 1.807) is 26.8 Å². The lowest BCUT2D eigenvalue weighted by Crippen LogP contribution is -2.45. The van der Waals surface area contributed by atoms with Crippen LogP contribution >= 0.6 is 0 Å². The van der Waals surface area contributed by atoms with Crippen molar-refractivity contribution in [2.24, 2.45) is 11.8 Å². The van der Waals surface area contributed by atoms with E-state index in [1.165, 1.54) is 4.90 Å². The van der Waals surface area contributed by atoms with Gasteiger partial charge in [0.15, 0.2) is 0 Å². The molecule has 1 aromatic rings. The number of imide groups is 1. The summed E-state index contributed by atoms with van der Waals surface area (Å²) in [6, 6.07) is 6.89. The molecular weight excluding hydrogens is 428 g/mol. The number of carboxylic acid groups (broad SMARTS) is 1. The number of benzene rings is 1. The first-order valence-corrected chi connectivity index (χ1v) is 11.2. The van der Waals surface area contributed by atoms with Crippen LogP contribution in [0.1, 0.15) is 58.9 Å². The van der Waals surface area contributed by atoms with E-state index in [2.05, 4.69) is 0 Å². The summed E-state index contributed by atoms with van der Waals surface area (Å²) in [5.41, 5.74) is 0.850. The third kappa shape index (κ3) is 5.46. The van der Waals surface area contributed by atoms with Gasteiger partial charge in [-0.3, -0.25) is 14.5 Å². The maximum absolute atomic E-state index is 13.4. The summed E-state index contributed by atoms with van der Waals surface area (Å²) in [4.78, 5) is 52.7. The van der Waals surface area contributed by atoms with E-state index >= 15 is 0 Å². The van der Waals surface area contributed by atoms with E-state index in [-0.39, 0.29) is 31.4 Å². The standard InChI is InChI=1S/C24H32N2O7/c1-14(2)19-13-32-23(31)26(19)21(29)15(11-20(27)28)10-16-12-25(22(30)33-24(3,4)5)18-9-7-6-8-17(16)18/h6-9,14-16,19H,10-13H2,1-5H3,(H,27,28)/t15-,16?,19-/m1/s1. The van der Waals surface area contributed by atoms with Gasteiger partial charge in [-0.2, -0.15) is 0 Å². The molecule has 1 saturated heterocycles. The van der Waals surface area contributed by atoms with Crippen LogP contribution in [0.4, 0.5) is 15.3 Å². The first-order chi connectivity index (χ1) is 15.4. The van der Waals surface area contributed by atoms with Gasteiger partial charge in [-0.25, -0.2) is 14.5 Å². The molecule has 1 aromatic carbocycles. The summed E-state index contributed by atoms with van der Waals surface area (Å²) in [6.07, 6.45) is -1.48. The van der Waals surface area contributed by atoms with E-state index in [0.29, 0.717) is 5.69 Å². The highest BCUT2D eigenvalue weighted by Crippen LogP contribution is 2.41. The quantitative estimate of drug-likeness (QED) is 0.682. The molecule has 0 aromatic heterocycles. The SMILES string of the molecule is CC(C)[C@H]1COC(=O)N1C(=O)[C@@H](CC(=O)O)CC1CN(C(=O)OC(C)(C)C)c2ccccc21. The molecule has 3 rings (SSSR count). The molecule has 9 heteroatoms. The van der Waals surface area contributed by atoms with Gasteiger partial charge in [0.05, 0.1) is 18.2 Å². The van der Waals surface area contributed by atoms with E-state index in [0.717, 1.165) is 10.5 Å². The Balaban J connectivity index is 1.86. The molecule has 3 amide bonds. The highest BCUT2D eigenvalue weighted by molar-refractivity contribution is 5.96. The average molecular weight is 461 g/mol. The highest BCUT2D eigenvalue weighted by Gasteiger charge is 2.44. The highest BCUT2D eigenvalue weighted by atomic mass is 16.6. The maximum Gasteiger partial charge on any atom is 0.416 e. The van der Waals surface area contributed by atoms with Crippen LogP contribution in [0, 0.1) is 11.8 Å². The molecule has 0 aliphatic carbocycles. The van der Waals surface area contributed by atoms with Crippen molar-refractivity contribution in [1.29, 1.82) is 0 Å².